The molecule has 1 heterocycles. The summed E-state index contributed by atoms with van der Waals surface area (Å²) >= 11 is 0. The lowest BCUT2D eigenvalue weighted by Gasteiger charge is -2.13. The van der Waals surface area contributed by atoms with Crippen molar-refractivity contribution in [2.45, 2.75) is 19.0 Å². The molecular weight excluding hydrogens is 236 g/mol. The number of hydrogen-bond acceptors (Lipinski definition) is 4. The maximum absolute atomic E-state index is 11.4. The van der Waals surface area contributed by atoms with Crippen LogP contribution in [-0.4, -0.2) is 33.1 Å². The second-order valence-electron chi connectivity index (χ2n) is 3.44. The monoisotopic (exact) mass is 250 g/mol. The number of rotatable bonds is 6. The first kappa shape index (κ1) is 13.6. The third-order valence-corrected chi connectivity index (χ3v) is 2.08. The van der Waals surface area contributed by atoms with Crippen molar-refractivity contribution in [3.63, 3.8) is 0 Å². The second-order valence-corrected chi connectivity index (χ2v) is 3.44. The molecule has 1 unspecified atom stereocenters. The zero-order chi connectivity index (χ0) is 13.4. The largest absolute Gasteiger partial charge is 0.480 e. The summed E-state index contributed by atoms with van der Waals surface area (Å²) in [6.45, 7) is 3.63. The van der Waals surface area contributed by atoms with Gasteiger partial charge in [-0.15, -0.1) is 6.58 Å². The van der Waals surface area contributed by atoms with Gasteiger partial charge in [0.05, 0.1) is 12.2 Å². The van der Waals surface area contributed by atoms with Gasteiger partial charge in [0.25, 0.3) is 0 Å². The SMILES string of the molecule is C=CCC(NC(=O)NCc1ccncn1)C(=O)O. The highest BCUT2D eigenvalue weighted by molar-refractivity contribution is 5.82. The molecule has 0 bridgehead atoms. The smallest absolute Gasteiger partial charge is 0.326 e. The van der Waals surface area contributed by atoms with Crippen LogP contribution in [0, 0.1) is 0 Å². The molecule has 0 aliphatic heterocycles. The third kappa shape index (κ3) is 4.60. The molecule has 0 saturated heterocycles. The van der Waals surface area contributed by atoms with E-state index in [1.54, 1.807) is 12.3 Å². The van der Waals surface area contributed by atoms with Crippen LogP contribution in [0.15, 0.2) is 31.2 Å². The highest BCUT2D eigenvalue weighted by Crippen LogP contribution is 1.94. The molecule has 7 heteroatoms. The minimum atomic E-state index is -1.10. The van der Waals surface area contributed by atoms with Crippen molar-refractivity contribution in [2.24, 2.45) is 0 Å². The molecule has 96 valence electrons. The number of nitrogens with zero attached hydrogens (tertiary/aromatic N) is 2. The van der Waals surface area contributed by atoms with Crippen LogP contribution < -0.4 is 10.6 Å². The molecular formula is C11H14N4O3. The molecule has 7 nitrogen and oxygen atoms in total. The molecule has 1 aromatic heterocycles. The molecule has 3 N–H and O–H groups in total. The summed E-state index contributed by atoms with van der Waals surface area (Å²) in [5.41, 5.74) is 0.635. The van der Waals surface area contributed by atoms with Gasteiger partial charge in [0, 0.05) is 6.20 Å². The molecule has 1 rings (SSSR count). The van der Waals surface area contributed by atoms with Gasteiger partial charge >= 0.3 is 12.0 Å². The molecule has 0 radical (unpaired) electrons. The van der Waals surface area contributed by atoms with Gasteiger partial charge in [-0.2, -0.15) is 0 Å². The van der Waals surface area contributed by atoms with Gasteiger partial charge in [0.15, 0.2) is 0 Å². The lowest BCUT2D eigenvalue weighted by atomic mass is 10.2. The van der Waals surface area contributed by atoms with E-state index in [4.69, 9.17) is 5.11 Å². The van der Waals surface area contributed by atoms with Gasteiger partial charge in [-0.25, -0.2) is 19.6 Å². The molecule has 0 aliphatic rings. The van der Waals surface area contributed by atoms with Gasteiger partial charge < -0.3 is 15.7 Å². The van der Waals surface area contributed by atoms with Crippen LogP contribution in [0.1, 0.15) is 12.1 Å². The molecule has 0 aromatic carbocycles. The van der Waals surface area contributed by atoms with E-state index in [0.717, 1.165) is 0 Å². The summed E-state index contributed by atoms with van der Waals surface area (Å²) in [7, 11) is 0. The maximum atomic E-state index is 11.4. The number of hydrogen-bond donors (Lipinski definition) is 3. The fourth-order valence-electron chi connectivity index (χ4n) is 1.19. The van der Waals surface area contributed by atoms with Gasteiger partial charge in [-0.05, 0) is 12.5 Å². The van der Waals surface area contributed by atoms with E-state index in [1.165, 1.54) is 12.4 Å². The average Bonchev–Trinajstić information content (AvgIpc) is 2.37. The normalized spacial score (nSPS) is 11.3. The first-order valence-electron chi connectivity index (χ1n) is 5.26. The number of carboxylic acid groups (broad SMARTS) is 1. The van der Waals surface area contributed by atoms with Crippen molar-refractivity contribution >= 4 is 12.0 Å². The Bertz CT molecular complexity index is 422. The number of carbonyl (C=O) groups excluding carboxylic acids is 1. The van der Waals surface area contributed by atoms with E-state index < -0.39 is 18.0 Å². The number of carbonyl (C=O) groups is 2. The Morgan fingerprint density at radius 1 is 1.56 bits per heavy atom. The van der Waals surface area contributed by atoms with Crippen molar-refractivity contribution in [2.75, 3.05) is 0 Å². The Kier molecular flexibility index (Phi) is 5.30. The number of amides is 2. The van der Waals surface area contributed by atoms with Gasteiger partial charge in [-0.3, -0.25) is 0 Å². The van der Waals surface area contributed by atoms with Gasteiger partial charge in [0.2, 0.25) is 0 Å². The Labute approximate surface area is 104 Å². The minimum Gasteiger partial charge on any atom is -0.480 e. The van der Waals surface area contributed by atoms with Crippen molar-refractivity contribution in [1.82, 2.24) is 20.6 Å². The minimum absolute atomic E-state index is 0.163. The van der Waals surface area contributed by atoms with E-state index in [2.05, 4.69) is 27.2 Å². The summed E-state index contributed by atoms with van der Waals surface area (Å²) in [5, 5.41) is 13.7. The summed E-state index contributed by atoms with van der Waals surface area (Å²) in [4.78, 5) is 29.9. The van der Waals surface area contributed by atoms with E-state index in [1.807, 2.05) is 0 Å². The number of aliphatic carboxylic acids is 1. The molecule has 1 atom stereocenters. The van der Waals surface area contributed by atoms with Crippen LogP contribution in [0.5, 0.6) is 0 Å². The topological polar surface area (TPSA) is 104 Å². The van der Waals surface area contributed by atoms with Crippen molar-refractivity contribution < 1.29 is 14.7 Å². The van der Waals surface area contributed by atoms with E-state index in [-0.39, 0.29) is 13.0 Å². The molecule has 0 fully saturated rings. The molecule has 2 amide bonds. The van der Waals surface area contributed by atoms with Crippen molar-refractivity contribution in [1.29, 1.82) is 0 Å². The molecule has 1 aromatic rings. The Balaban J connectivity index is 2.41. The first-order chi connectivity index (χ1) is 8.63. The summed E-state index contributed by atoms with van der Waals surface area (Å²) in [6.07, 6.45) is 4.52. The van der Waals surface area contributed by atoms with Crippen LogP contribution in [0.3, 0.4) is 0 Å². The molecule has 0 saturated carbocycles. The van der Waals surface area contributed by atoms with Crippen molar-refractivity contribution in [3.8, 4) is 0 Å². The predicted octanol–water partition coefficient (Wildman–Crippen LogP) is 0.305. The predicted molar refractivity (Wildman–Crippen MR) is 63.6 cm³/mol. The third-order valence-electron chi connectivity index (χ3n) is 2.08. The zero-order valence-electron chi connectivity index (χ0n) is 9.67. The van der Waals surface area contributed by atoms with Crippen LogP contribution in [0.25, 0.3) is 0 Å². The molecule has 0 spiro atoms. The Morgan fingerprint density at radius 3 is 2.89 bits per heavy atom. The molecule has 18 heavy (non-hydrogen) atoms. The summed E-state index contributed by atoms with van der Waals surface area (Å²) in [5.74, 6) is -1.10. The van der Waals surface area contributed by atoms with Crippen LogP contribution in [0.2, 0.25) is 0 Å². The standard InChI is InChI=1S/C11H14N4O3/c1-2-3-9(10(16)17)15-11(18)13-6-8-4-5-12-7-14-8/h2,4-5,7,9H,1,3,6H2,(H,16,17)(H2,13,15,18). The highest BCUT2D eigenvalue weighted by atomic mass is 16.4. The number of carboxylic acids is 1. The summed E-state index contributed by atoms with van der Waals surface area (Å²) < 4.78 is 0. The first-order valence-corrected chi connectivity index (χ1v) is 5.26. The highest BCUT2D eigenvalue weighted by Gasteiger charge is 2.17. The second kappa shape index (κ2) is 7.00. The zero-order valence-corrected chi connectivity index (χ0v) is 9.67. The fraction of sp³-hybridized carbons (Fsp3) is 0.273. The van der Waals surface area contributed by atoms with E-state index in [9.17, 15) is 9.59 Å². The lowest BCUT2D eigenvalue weighted by molar-refractivity contribution is -0.139. The Hall–Kier alpha value is -2.44. The van der Waals surface area contributed by atoms with E-state index in [0.29, 0.717) is 5.69 Å². The average molecular weight is 250 g/mol. The van der Waals surface area contributed by atoms with Gasteiger partial charge in [-0.1, -0.05) is 6.08 Å². The number of aromatic nitrogens is 2. The van der Waals surface area contributed by atoms with Crippen molar-refractivity contribution in [3.05, 3.63) is 36.9 Å². The Morgan fingerprint density at radius 2 is 2.33 bits per heavy atom. The number of nitrogens with one attached hydrogen (secondary N) is 2. The van der Waals surface area contributed by atoms with Gasteiger partial charge in [0.1, 0.15) is 12.4 Å². The van der Waals surface area contributed by atoms with Crippen LogP contribution in [-0.2, 0) is 11.3 Å². The van der Waals surface area contributed by atoms with Crippen LogP contribution >= 0.6 is 0 Å². The molecule has 0 aliphatic carbocycles. The fourth-order valence-corrected chi connectivity index (χ4v) is 1.19. The van der Waals surface area contributed by atoms with E-state index >= 15 is 0 Å². The van der Waals surface area contributed by atoms with Crippen LogP contribution in [0.4, 0.5) is 4.79 Å². The lowest BCUT2D eigenvalue weighted by Crippen LogP contribution is -2.45. The number of urea groups is 1. The quantitative estimate of drug-likeness (QED) is 0.630. The summed E-state index contributed by atoms with van der Waals surface area (Å²) in [6, 6.07) is 0.106. The maximum Gasteiger partial charge on any atom is 0.326 e.